The number of anilines is 1. The van der Waals surface area contributed by atoms with Gasteiger partial charge in [-0.3, -0.25) is 0 Å². The minimum absolute atomic E-state index is 0.165. The van der Waals surface area contributed by atoms with E-state index in [2.05, 4.69) is 31.9 Å². The van der Waals surface area contributed by atoms with Crippen LogP contribution in [0.3, 0.4) is 0 Å². The van der Waals surface area contributed by atoms with Crippen LogP contribution in [0.25, 0.3) is 0 Å². The maximum Gasteiger partial charge on any atom is 0.137 e. The van der Waals surface area contributed by atoms with Crippen LogP contribution in [0.5, 0.6) is 0 Å². The van der Waals surface area contributed by atoms with E-state index in [1.807, 2.05) is 26.0 Å². The summed E-state index contributed by atoms with van der Waals surface area (Å²) < 4.78 is 14.3. The Bertz CT molecular complexity index is 765. The first kappa shape index (κ1) is 21.3. The van der Waals surface area contributed by atoms with Crippen molar-refractivity contribution in [1.29, 1.82) is 5.26 Å². The standard InChI is InChI=1S/C19H20BrFN4.C2H6/c20-17-3-2-15(9-18(17)21)16(11-23)14-5-7-25(8-6-14)19-4-1-13(10-22)12-24-19;1-2/h1-4,9,12,14,16H,5-8,11,23H2;1-2H3. The number of pyridine rings is 1. The van der Waals surface area contributed by atoms with Gasteiger partial charge < -0.3 is 10.6 Å². The maximum atomic E-state index is 13.9. The van der Waals surface area contributed by atoms with E-state index in [9.17, 15) is 4.39 Å². The summed E-state index contributed by atoms with van der Waals surface area (Å²) in [7, 11) is 0. The predicted octanol–water partition coefficient (Wildman–Crippen LogP) is 4.84. The maximum absolute atomic E-state index is 13.9. The summed E-state index contributed by atoms with van der Waals surface area (Å²) in [5.74, 6) is 1.26. The summed E-state index contributed by atoms with van der Waals surface area (Å²) in [4.78, 5) is 6.60. The molecule has 0 spiro atoms. The fourth-order valence-electron chi connectivity index (χ4n) is 3.51. The number of nitrogens with zero attached hydrogens (tertiary/aromatic N) is 3. The average molecular weight is 433 g/mol. The minimum Gasteiger partial charge on any atom is -0.357 e. The molecule has 0 radical (unpaired) electrons. The van der Waals surface area contributed by atoms with E-state index in [0.29, 0.717) is 22.5 Å². The lowest BCUT2D eigenvalue weighted by Crippen LogP contribution is -2.37. The Morgan fingerprint density at radius 3 is 2.52 bits per heavy atom. The first-order chi connectivity index (χ1) is 13.1. The third-order valence-corrected chi connectivity index (χ3v) is 5.58. The van der Waals surface area contributed by atoms with Crippen molar-refractivity contribution in [2.24, 2.45) is 11.7 Å². The van der Waals surface area contributed by atoms with Gasteiger partial charge in [-0.25, -0.2) is 9.37 Å². The second-order valence-corrected chi connectivity index (χ2v) is 7.21. The van der Waals surface area contributed by atoms with Gasteiger partial charge in [-0.05, 0) is 77.0 Å². The quantitative estimate of drug-likeness (QED) is 0.750. The van der Waals surface area contributed by atoms with Crippen LogP contribution in [-0.2, 0) is 0 Å². The second kappa shape index (κ2) is 10.4. The fraction of sp³-hybridized carbons (Fsp3) is 0.429. The molecule has 1 aromatic carbocycles. The van der Waals surface area contributed by atoms with E-state index >= 15 is 0 Å². The summed E-state index contributed by atoms with van der Waals surface area (Å²) in [6, 6.07) is 11.1. The summed E-state index contributed by atoms with van der Waals surface area (Å²) in [5, 5.41) is 8.86. The number of nitriles is 1. The molecule has 3 rings (SSSR count). The number of rotatable bonds is 4. The highest BCUT2D eigenvalue weighted by Crippen LogP contribution is 2.34. The van der Waals surface area contributed by atoms with Gasteiger partial charge in [-0.1, -0.05) is 19.9 Å². The lowest BCUT2D eigenvalue weighted by Gasteiger charge is -2.36. The Hall–Kier alpha value is -1.97. The van der Waals surface area contributed by atoms with Gasteiger partial charge in [0.25, 0.3) is 0 Å². The van der Waals surface area contributed by atoms with Crippen LogP contribution < -0.4 is 10.6 Å². The molecule has 2 aromatic rings. The van der Waals surface area contributed by atoms with E-state index < -0.39 is 0 Å². The number of piperidine rings is 1. The Labute approximate surface area is 169 Å². The Balaban J connectivity index is 0.00000126. The van der Waals surface area contributed by atoms with E-state index in [1.165, 1.54) is 0 Å². The highest BCUT2D eigenvalue weighted by atomic mass is 79.9. The monoisotopic (exact) mass is 432 g/mol. The van der Waals surface area contributed by atoms with E-state index in [0.717, 1.165) is 37.3 Å². The molecule has 1 aliphatic heterocycles. The molecule has 6 heteroatoms. The molecule has 1 aliphatic rings. The number of aromatic nitrogens is 1. The average Bonchev–Trinajstić information content (AvgIpc) is 2.73. The van der Waals surface area contributed by atoms with Crippen molar-refractivity contribution in [2.45, 2.75) is 32.6 Å². The number of hydrogen-bond donors (Lipinski definition) is 1. The largest absolute Gasteiger partial charge is 0.357 e. The number of halogens is 2. The Morgan fingerprint density at radius 1 is 1.30 bits per heavy atom. The molecule has 27 heavy (non-hydrogen) atoms. The summed E-state index contributed by atoms with van der Waals surface area (Å²) in [6.07, 6.45) is 3.58. The first-order valence-corrected chi connectivity index (χ1v) is 10.2. The summed E-state index contributed by atoms with van der Waals surface area (Å²) in [6.45, 7) is 6.29. The smallest absolute Gasteiger partial charge is 0.137 e. The summed E-state index contributed by atoms with van der Waals surface area (Å²) >= 11 is 3.20. The van der Waals surface area contributed by atoms with Crippen molar-refractivity contribution in [3.8, 4) is 6.07 Å². The van der Waals surface area contributed by atoms with Crippen molar-refractivity contribution in [3.63, 3.8) is 0 Å². The van der Waals surface area contributed by atoms with E-state index in [-0.39, 0.29) is 11.7 Å². The molecule has 2 N–H and O–H groups in total. The molecular formula is C21H26BrFN4. The Kier molecular flexibility index (Phi) is 8.21. The zero-order valence-electron chi connectivity index (χ0n) is 15.8. The van der Waals surface area contributed by atoms with Crippen molar-refractivity contribution < 1.29 is 4.39 Å². The molecule has 144 valence electrons. The third kappa shape index (κ3) is 5.27. The molecule has 0 bridgehead atoms. The van der Waals surface area contributed by atoms with Gasteiger partial charge in [0, 0.05) is 19.3 Å². The van der Waals surface area contributed by atoms with Crippen LogP contribution in [0.15, 0.2) is 41.0 Å². The van der Waals surface area contributed by atoms with Crippen LogP contribution in [0, 0.1) is 23.1 Å². The topological polar surface area (TPSA) is 65.9 Å². The van der Waals surface area contributed by atoms with Crippen molar-refractivity contribution in [2.75, 3.05) is 24.5 Å². The molecule has 1 saturated heterocycles. The van der Waals surface area contributed by atoms with Gasteiger partial charge in [0.15, 0.2) is 0 Å². The van der Waals surface area contributed by atoms with Crippen LogP contribution in [-0.4, -0.2) is 24.6 Å². The Morgan fingerprint density at radius 2 is 2.00 bits per heavy atom. The van der Waals surface area contributed by atoms with Gasteiger partial charge in [0.05, 0.1) is 10.0 Å². The first-order valence-electron chi connectivity index (χ1n) is 9.38. The SMILES string of the molecule is CC.N#Cc1ccc(N2CCC(C(CN)c3ccc(Br)c(F)c3)CC2)nc1. The zero-order valence-corrected chi connectivity index (χ0v) is 17.4. The second-order valence-electron chi connectivity index (χ2n) is 6.36. The molecule has 1 atom stereocenters. The molecule has 1 fully saturated rings. The molecule has 1 unspecified atom stereocenters. The zero-order chi connectivity index (χ0) is 19.8. The molecule has 4 nitrogen and oxygen atoms in total. The lowest BCUT2D eigenvalue weighted by atomic mass is 9.80. The van der Waals surface area contributed by atoms with Gasteiger partial charge in [0.1, 0.15) is 17.7 Å². The number of hydrogen-bond acceptors (Lipinski definition) is 4. The fourth-order valence-corrected chi connectivity index (χ4v) is 3.76. The van der Waals surface area contributed by atoms with E-state index in [4.69, 9.17) is 11.0 Å². The highest BCUT2D eigenvalue weighted by molar-refractivity contribution is 9.10. The molecule has 0 saturated carbocycles. The van der Waals surface area contributed by atoms with Crippen molar-refractivity contribution in [3.05, 3.63) is 57.9 Å². The van der Waals surface area contributed by atoms with Crippen LogP contribution in [0.2, 0.25) is 0 Å². The molecule has 0 amide bonds. The van der Waals surface area contributed by atoms with Crippen molar-refractivity contribution >= 4 is 21.7 Å². The van der Waals surface area contributed by atoms with Gasteiger partial charge in [-0.15, -0.1) is 0 Å². The van der Waals surface area contributed by atoms with Crippen LogP contribution >= 0.6 is 15.9 Å². The minimum atomic E-state index is -0.241. The number of benzene rings is 1. The lowest BCUT2D eigenvalue weighted by molar-refractivity contribution is 0.342. The predicted molar refractivity (Wildman–Crippen MR) is 111 cm³/mol. The highest BCUT2D eigenvalue weighted by Gasteiger charge is 2.27. The summed E-state index contributed by atoms with van der Waals surface area (Å²) in [5.41, 5.74) is 7.55. The third-order valence-electron chi connectivity index (χ3n) is 4.94. The van der Waals surface area contributed by atoms with Crippen molar-refractivity contribution in [1.82, 2.24) is 4.98 Å². The van der Waals surface area contributed by atoms with Gasteiger partial charge in [-0.2, -0.15) is 5.26 Å². The molecule has 2 heterocycles. The molecule has 0 aliphatic carbocycles. The van der Waals surface area contributed by atoms with Crippen LogP contribution in [0.1, 0.15) is 43.7 Å². The number of nitrogens with two attached hydrogens (primary N) is 1. The van der Waals surface area contributed by atoms with Crippen LogP contribution in [0.4, 0.5) is 10.2 Å². The van der Waals surface area contributed by atoms with E-state index in [1.54, 1.807) is 24.4 Å². The van der Waals surface area contributed by atoms with Gasteiger partial charge in [0.2, 0.25) is 0 Å². The normalized spacial score (nSPS) is 15.5. The molecule has 1 aromatic heterocycles. The van der Waals surface area contributed by atoms with Gasteiger partial charge >= 0.3 is 0 Å². The molecular weight excluding hydrogens is 407 g/mol.